The van der Waals surface area contributed by atoms with Gasteiger partial charge in [0, 0.05) is 10.9 Å². The second kappa shape index (κ2) is 3.19. The first-order chi connectivity index (χ1) is 6.66. The van der Waals surface area contributed by atoms with Crippen LogP contribution in [0.15, 0.2) is 23.6 Å². The van der Waals surface area contributed by atoms with Crippen LogP contribution in [0.4, 0.5) is 5.13 Å². The second-order valence-corrected chi connectivity index (χ2v) is 3.66. The predicted molar refractivity (Wildman–Crippen MR) is 55.3 cm³/mol. The Morgan fingerprint density at radius 3 is 2.71 bits per heavy atom. The van der Waals surface area contributed by atoms with E-state index in [1.807, 2.05) is 0 Å². The number of nitrogen functional groups attached to an aromatic ring is 1. The Labute approximate surface area is 84.3 Å². The van der Waals surface area contributed by atoms with Gasteiger partial charge in [0.1, 0.15) is 11.5 Å². The normalized spacial score (nSPS) is 10.3. The van der Waals surface area contributed by atoms with Gasteiger partial charge in [0.25, 0.3) is 0 Å². The van der Waals surface area contributed by atoms with Crippen LogP contribution in [-0.4, -0.2) is 15.2 Å². The average Bonchev–Trinajstić information content (AvgIpc) is 2.56. The van der Waals surface area contributed by atoms with Gasteiger partial charge < -0.3 is 15.9 Å². The monoisotopic (exact) mass is 208 g/mol. The van der Waals surface area contributed by atoms with Gasteiger partial charge in [0.05, 0.1) is 5.69 Å². The lowest BCUT2D eigenvalue weighted by Crippen LogP contribution is -1.83. The third kappa shape index (κ3) is 1.49. The van der Waals surface area contributed by atoms with Gasteiger partial charge in [0.2, 0.25) is 0 Å². The Kier molecular flexibility index (Phi) is 2.01. The van der Waals surface area contributed by atoms with Gasteiger partial charge in [-0.15, -0.1) is 11.3 Å². The number of aromatic hydroxyl groups is 2. The number of aromatic nitrogens is 1. The van der Waals surface area contributed by atoms with Crippen LogP contribution in [0.3, 0.4) is 0 Å². The maximum atomic E-state index is 9.51. The maximum Gasteiger partial charge on any atom is 0.180 e. The third-order valence-corrected chi connectivity index (χ3v) is 2.45. The largest absolute Gasteiger partial charge is 0.508 e. The summed E-state index contributed by atoms with van der Waals surface area (Å²) in [5.41, 5.74) is 6.52. The minimum atomic E-state index is 0.0769. The van der Waals surface area contributed by atoms with Crippen LogP contribution >= 0.6 is 11.3 Å². The molecule has 1 aromatic heterocycles. The van der Waals surface area contributed by atoms with Crippen LogP contribution in [0.25, 0.3) is 11.3 Å². The molecule has 4 nitrogen and oxygen atoms in total. The van der Waals surface area contributed by atoms with Crippen LogP contribution in [0, 0.1) is 0 Å². The molecule has 0 aliphatic rings. The van der Waals surface area contributed by atoms with Gasteiger partial charge in [-0.25, -0.2) is 4.98 Å². The SMILES string of the molecule is Nc1nc(-c2cc(O)ccc2O)cs1. The molecule has 0 saturated heterocycles. The zero-order valence-corrected chi connectivity index (χ0v) is 7.95. The molecular formula is C9H8N2O2S. The number of nitrogens with zero attached hydrogens (tertiary/aromatic N) is 1. The first-order valence-corrected chi connectivity index (χ1v) is 4.78. The number of anilines is 1. The molecule has 72 valence electrons. The predicted octanol–water partition coefficient (Wildman–Crippen LogP) is 1.80. The Morgan fingerprint density at radius 1 is 1.29 bits per heavy atom. The first-order valence-electron chi connectivity index (χ1n) is 3.90. The third-order valence-electron chi connectivity index (χ3n) is 1.78. The van der Waals surface area contributed by atoms with E-state index in [4.69, 9.17) is 5.73 Å². The quantitative estimate of drug-likeness (QED) is 0.624. The van der Waals surface area contributed by atoms with E-state index in [0.717, 1.165) is 0 Å². The summed E-state index contributed by atoms with van der Waals surface area (Å²) in [5, 5.41) is 20.9. The van der Waals surface area contributed by atoms with Gasteiger partial charge in [-0.05, 0) is 18.2 Å². The molecular weight excluding hydrogens is 200 g/mol. The molecule has 0 bridgehead atoms. The van der Waals surface area contributed by atoms with Crippen molar-refractivity contribution in [3.05, 3.63) is 23.6 Å². The number of phenols is 2. The Bertz CT molecular complexity index is 468. The van der Waals surface area contributed by atoms with Crippen LogP contribution < -0.4 is 5.73 Å². The Morgan fingerprint density at radius 2 is 2.07 bits per heavy atom. The van der Waals surface area contributed by atoms with Crippen molar-refractivity contribution in [1.82, 2.24) is 4.98 Å². The molecule has 14 heavy (non-hydrogen) atoms. The smallest absolute Gasteiger partial charge is 0.180 e. The van der Waals surface area contributed by atoms with Crippen molar-refractivity contribution in [3.8, 4) is 22.8 Å². The minimum Gasteiger partial charge on any atom is -0.508 e. The number of hydrogen-bond acceptors (Lipinski definition) is 5. The fraction of sp³-hybridized carbons (Fsp3) is 0. The van der Waals surface area contributed by atoms with Gasteiger partial charge in [-0.2, -0.15) is 0 Å². The number of phenolic OH excluding ortho intramolecular Hbond substituents is 2. The number of nitrogens with two attached hydrogens (primary N) is 1. The molecule has 0 spiro atoms. The molecule has 0 saturated carbocycles. The van der Waals surface area contributed by atoms with E-state index in [2.05, 4.69) is 4.98 Å². The second-order valence-electron chi connectivity index (χ2n) is 2.77. The summed E-state index contributed by atoms with van der Waals surface area (Å²) in [6.45, 7) is 0. The van der Waals surface area contributed by atoms with Gasteiger partial charge >= 0.3 is 0 Å². The highest BCUT2D eigenvalue weighted by molar-refractivity contribution is 7.13. The van der Waals surface area contributed by atoms with Gasteiger partial charge in [-0.3, -0.25) is 0 Å². The van der Waals surface area contributed by atoms with Crippen molar-refractivity contribution in [2.45, 2.75) is 0 Å². The standard InChI is InChI=1S/C9H8N2O2S/c10-9-11-7(4-14-9)6-3-5(12)1-2-8(6)13/h1-4,12-13H,(H2,10,11). The lowest BCUT2D eigenvalue weighted by molar-refractivity contribution is 0.462. The van der Waals surface area contributed by atoms with Crippen molar-refractivity contribution in [2.75, 3.05) is 5.73 Å². The highest BCUT2D eigenvalue weighted by atomic mass is 32.1. The lowest BCUT2D eigenvalue weighted by Gasteiger charge is -2.01. The van der Waals surface area contributed by atoms with Crippen molar-refractivity contribution in [2.24, 2.45) is 0 Å². The summed E-state index contributed by atoms with van der Waals surface area (Å²) in [6.07, 6.45) is 0. The number of rotatable bonds is 1. The van der Waals surface area contributed by atoms with Crippen LogP contribution in [0.2, 0.25) is 0 Å². The highest BCUT2D eigenvalue weighted by Crippen LogP contribution is 2.33. The first kappa shape index (κ1) is 8.83. The fourth-order valence-electron chi connectivity index (χ4n) is 1.14. The molecule has 2 aromatic rings. The molecule has 1 heterocycles. The highest BCUT2D eigenvalue weighted by Gasteiger charge is 2.08. The molecule has 0 atom stereocenters. The zero-order valence-electron chi connectivity index (χ0n) is 7.14. The number of benzene rings is 1. The van der Waals surface area contributed by atoms with E-state index < -0.39 is 0 Å². The van der Waals surface area contributed by atoms with E-state index in [0.29, 0.717) is 16.4 Å². The van der Waals surface area contributed by atoms with Crippen LogP contribution in [0.5, 0.6) is 11.5 Å². The molecule has 5 heteroatoms. The van der Waals surface area contributed by atoms with Crippen molar-refractivity contribution in [3.63, 3.8) is 0 Å². The van der Waals surface area contributed by atoms with E-state index in [1.165, 1.54) is 29.5 Å². The molecule has 0 amide bonds. The number of thiazole rings is 1. The minimum absolute atomic E-state index is 0.0769. The topological polar surface area (TPSA) is 79.4 Å². The summed E-state index contributed by atoms with van der Waals surface area (Å²) >= 11 is 1.29. The Hall–Kier alpha value is -1.75. The summed E-state index contributed by atoms with van der Waals surface area (Å²) < 4.78 is 0. The summed E-state index contributed by atoms with van der Waals surface area (Å²) in [7, 11) is 0. The Balaban J connectivity index is 2.55. The molecule has 0 aliphatic carbocycles. The van der Waals surface area contributed by atoms with Crippen LogP contribution in [0.1, 0.15) is 0 Å². The molecule has 4 N–H and O–H groups in total. The van der Waals surface area contributed by atoms with Crippen molar-refractivity contribution >= 4 is 16.5 Å². The lowest BCUT2D eigenvalue weighted by atomic mass is 10.1. The van der Waals surface area contributed by atoms with E-state index in [9.17, 15) is 10.2 Å². The van der Waals surface area contributed by atoms with Gasteiger partial charge in [0.15, 0.2) is 5.13 Å². The maximum absolute atomic E-state index is 9.51. The fourth-order valence-corrected chi connectivity index (χ4v) is 1.70. The van der Waals surface area contributed by atoms with E-state index >= 15 is 0 Å². The molecule has 2 rings (SSSR count). The van der Waals surface area contributed by atoms with E-state index in [1.54, 1.807) is 5.38 Å². The molecule has 0 aliphatic heterocycles. The van der Waals surface area contributed by atoms with E-state index in [-0.39, 0.29) is 11.5 Å². The summed E-state index contributed by atoms with van der Waals surface area (Å²) in [4.78, 5) is 4.01. The zero-order chi connectivity index (χ0) is 10.1. The molecule has 0 radical (unpaired) electrons. The summed E-state index contributed by atoms with van der Waals surface area (Å²) in [6, 6.07) is 4.28. The summed E-state index contributed by atoms with van der Waals surface area (Å²) in [5.74, 6) is 0.164. The van der Waals surface area contributed by atoms with Crippen LogP contribution in [-0.2, 0) is 0 Å². The van der Waals surface area contributed by atoms with Crippen molar-refractivity contribution in [1.29, 1.82) is 0 Å². The van der Waals surface area contributed by atoms with Gasteiger partial charge in [-0.1, -0.05) is 0 Å². The average molecular weight is 208 g/mol. The molecule has 0 unspecified atom stereocenters. The number of hydrogen-bond donors (Lipinski definition) is 3. The molecule has 0 fully saturated rings. The molecule has 1 aromatic carbocycles. The van der Waals surface area contributed by atoms with Crippen molar-refractivity contribution < 1.29 is 10.2 Å².